The molecule has 1 saturated carbocycles. The molecule has 2 amide bonds. The minimum atomic E-state index is -4.58. The van der Waals surface area contributed by atoms with Gasteiger partial charge >= 0.3 is 6.18 Å². The van der Waals surface area contributed by atoms with Gasteiger partial charge in [0.1, 0.15) is 9.84 Å². The summed E-state index contributed by atoms with van der Waals surface area (Å²) in [5.41, 5.74) is -1.15. The van der Waals surface area contributed by atoms with Gasteiger partial charge in [0, 0.05) is 29.4 Å². The van der Waals surface area contributed by atoms with Crippen molar-refractivity contribution in [1.29, 1.82) is 0 Å². The number of alkyl halides is 3. The highest BCUT2D eigenvalue weighted by atomic mass is 32.2. The first-order valence-corrected chi connectivity index (χ1v) is 13.2. The summed E-state index contributed by atoms with van der Waals surface area (Å²) in [6, 6.07) is 4.09. The third kappa shape index (κ3) is 7.97. The largest absolute Gasteiger partial charge is 0.416 e. The quantitative estimate of drug-likeness (QED) is 0.538. The summed E-state index contributed by atoms with van der Waals surface area (Å²) in [7, 11) is -1.26. The number of benzene rings is 1. The van der Waals surface area contributed by atoms with Gasteiger partial charge in [-0.1, -0.05) is 13.0 Å². The van der Waals surface area contributed by atoms with E-state index >= 15 is 0 Å². The van der Waals surface area contributed by atoms with Gasteiger partial charge < -0.3 is 15.5 Å². The van der Waals surface area contributed by atoms with Crippen molar-refractivity contribution in [2.24, 2.45) is 5.92 Å². The molecule has 1 fully saturated rings. The van der Waals surface area contributed by atoms with Gasteiger partial charge in [-0.3, -0.25) is 9.59 Å². The Labute approximate surface area is 199 Å². The summed E-state index contributed by atoms with van der Waals surface area (Å²) in [5, 5.41) is 5.17. The van der Waals surface area contributed by atoms with E-state index in [9.17, 15) is 31.2 Å². The maximum atomic E-state index is 12.9. The van der Waals surface area contributed by atoms with E-state index in [4.69, 9.17) is 0 Å². The molecule has 34 heavy (non-hydrogen) atoms. The van der Waals surface area contributed by atoms with Crippen LogP contribution in [-0.4, -0.2) is 68.4 Å². The summed E-state index contributed by atoms with van der Waals surface area (Å²) < 4.78 is 63.2. The Kier molecular flexibility index (Phi) is 9.53. The molecule has 0 aromatic heterocycles. The number of hydrogen-bond acceptors (Lipinski definition) is 5. The number of carbonyl (C=O) groups excluding carboxylic acids is 2. The van der Waals surface area contributed by atoms with Gasteiger partial charge in [0.2, 0.25) is 5.91 Å². The minimum Gasteiger partial charge on any atom is -0.352 e. The first-order valence-electron chi connectivity index (χ1n) is 11.4. The van der Waals surface area contributed by atoms with E-state index < -0.39 is 39.9 Å². The van der Waals surface area contributed by atoms with Gasteiger partial charge in [-0.2, -0.15) is 13.2 Å². The lowest BCUT2D eigenvalue weighted by atomic mass is 9.81. The molecule has 0 bridgehead atoms. The van der Waals surface area contributed by atoms with Crippen LogP contribution in [0, 0.1) is 5.92 Å². The maximum absolute atomic E-state index is 12.9. The van der Waals surface area contributed by atoms with Crippen molar-refractivity contribution in [3.8, 4) is 0 Å². The van der Waals surface area contributed by atoms with Crippen LogP contribution < -0.4 is 10.6 Å². The smallest absolute Gasteiger partial charge is 0.352 e. The lowest BCUT2D eigenvalue weighted by Crippen LogP contribution is -2.52. The van der Waals surface area contributed by atoms with Crippen molar-refractivity contribution in [2.75, 3.05) is 25.1 Å². The Balaban J connectivity index is 2.01. The fourth-order valence-electron chi connectivity index (χ4n) is 4.21. The zero-order chi connectivity index (χ0) is 25.7. The molecule has 7 nitrogen and oxygen atoms in total. The Morgan fingerprint density at radius 3 is 2.47 bits per heavy atom. The molecule has 2 rings (SSSR count). The number of rotatable bonds is 9. The summed E-state index contributed by atoms with van der Waals surface area (Å²) in [5.74, 6) is -1.60. The lowest BCUT2D eigenvalue weighted by molar-refractivity contribution is -0.137. The van der Waals surface area contributed by atoms with E-state index in [2.05, 4.69) is 29.4 Å². The average molecular weight is 506 g/mol. The van der Waals surface area contributed by atoms with Crippen LogP contribution in [-0.2, 0) is 20.8 Å². The SMILES string of the molecule is CCS(=O)(=O)C[C@H]1C[C@H](N(C)C(C)C)CC[C@@H]1NC(=O)CNC(=O)c1cccc(C(F)(F)F)c1. The molecule has 11 heteroatoms. The average Bonchev–Trinajstić information content (AvgIpc) is 2.77. The standard InChI is InChI=1S/C23H34F3N3O4S/c1-5-34(32,33)14-17-12-19(29(4)15(2)3)9-10-20(17)28-21(30)13-27-22(31)16-7-6-8-18(11-16)23(24,25)26/h6-8,11,15,17,19-20H,5,9-10,12-14H2,1-4H3,(H,27,31)(H,28,30)/t17-,19-,20+/m1/s1. The number of amides is 2. The van der Waals surface area contributed by atoms with Gasteiger partial charge in [0.05, 0.1) is 17.9 Å². The van der Waals surface area contributed by atoms with Crippen molar-refractivity contribution in [3.63, 3.8) is 0 Å². The number of sulfone groups is 1. The highest BCUT2D eigenvalue weighted by Gasteiger charge is 2.36. The summed E-state index contributed by atoms with van der Waals surface area (Å²) in [4.78, 5) is 27.0. The van der Waals surface area contributed by atoms with Crippen LogP contribution in [0.2, 0.25) is 0 Å². The first kappa shape index (κ1) is 28.1. The van der Waals surface area contributed by atoms with Crippen molar-refractivity contribution in [2.45, 2.75) is 64.3 Å². The number of hydrogen-bond donors (Lipinski definition) is 2. The number of carbonyl (C=O) groups is 2. The van der Waals surface area contributed by atoms with Crippen LogP contribution in [0.3, 0.4) is 0 Å². The number of nitrogens with zero attached hydrogens (tertiary/aromatic N) is 1. The van der Waals surface area contributed by atoms with Crippen LogP contribution in [0.15, 0.2) is 24.3 Å². The molecule has 0 aliphatic heterocycles. The van der Waals surface area contributed by atoms with Crippen molar-refractivity contribution in [3.05, 3.63) is 35.4 Å². The summed E-state index contributed by atoms with van der Waals surface area (Å²) in [6.45, 7) is 5.30. The monoisotopic (exact) mass is 505 g/mol. The second-order valence-electron chi connectivity index (χ2n) is 9.12. The van der Waals surface area contributed by atoms with E-state index in [-0.39, 0.29) is 35.1 Å². The number of halogens is 3. The molecule has 0 saturated heterocycles. The van der Waals surface area contributed by atoms with Gasteiger partial charge in [-0.05, 0) is 64.3 Å². The fraction of sp³-hybridized carbons (Fsp3) is 0.652. The van der Waals surface area contributed by atoms with E-state index in [1.165, 1.54) is 6.07 Å². The molecule has 0 heterocycles. The van der Waals surface area contributed by atoms with E-state index in [0.717, 1.165) is 24.6 Å². The predicted octanol–water partition coefficient (Wildman–Crippen LogP) is 2.86. The van der Waals surface area contributed by atoms with Crippen LogP contribution in [0.1, 0.15) is 56.0 Å². The van der Waals surface area contributed by atoms with Gasteiger partial charge in [0.15, 0.2) is 0 Å². The molecule has 0 unspecified atom stereocenters. The molecule has 1 aromatic carbocycles. The Morgan fingerprint density at radius 1 is 1.21 bits per heavy atom. The maximum Gasteiger partial charge on any atom is 0.416 e. The van der Waals surface area contributed by atoms with Crippen molar-refractivity contribution in [1.82, 2.24) is 15.5 Å². The summed E-state index contributed by atoms with van der Waals surface area (Å²) in [6.07, 6.45) is -2.57. The molecular weight excluding hydrogens is 471 g/mol. The van der Waals surface area contributed by atoms with Crippen LogP contribution in [0.4, 0.5) is 13.2 Å². The van der Waals surface area contributed by atoms with Crippen LogP contribution in [0.5, 0.6) is 0 Å². The van der Waals surface area contributed by atoms with Crippen LogP contribution in [0.25, 0.3) is 0 Å². The fourth-order valence-corrected chi connectivity index (χ4v) is 5.46. The molecule has 3 atom stereocenters. The minimum absolute atomic E-state index is 0.0158. The molecular formula is C23H34F3N3O4S. The van der Waals surface area contributed by atoms with Gasteiger partial charge in [0.25, 0.3) is 5.91 Å². The van der Waals surface area contributed by atoms with E-state index in [0.29, 0.717) is 18.9 Å². The Bertz CT molecular complexity index is 966. The molecule has 0 radical (unpaired) electrons. The van der Waals surface area contributed by atoms with Crippen LogP contribution >= 0.6 is 0 Å². The zero-order valence-electron chi connectivity index (χ0n) is 20.0. The summed E-state index contributed by atoms with van der Waals surface area (Å²) >= 11 is 0. The molecule has 1 aliphatic rings. The first-order chi connectivity index (χ1) is 15.7. The Morgan fingerprint density at radius 2 is 1.88 bits per heavy atom. The third-order valence-corrected chi connectivity index (χ3v) is 8.28. The topological polar surface area (TPSA) is 95.6 Å². The van der Waals surface area contributed by atoms with Crippen molar-refractivity contribution < 1.29 is 31.2 Å². The van der Waals surface area contributed by atoms with Gasteiger partial charge in [-0.15, -0.1) is 0 Å². The molecule has 2 N–H and O–H groups in total. The molecule has 1 aliphatic carbocycles. The molecule has 192 valence electrons. The Hall–Kier alpha value is -2.14. The van der Waals surface area contributed by atoms with Crippen molar-refractivity contribution >= 4 is 21.7 Å². The second kappa shape index (κ2) is 11.5. The molecule has 0 spiro atoms. The number of nitrogens with one attached hydrogen (secondary N) is 2. The normalized spacial score (nSPS) is 21.5. The second-order valence-corrected chi connectivity index (χ2v) is 11.5. The van der Waals surface area contributed by atoms with Gasteiger partial charge in [-0.25, -0.2) is 8.42 Å². The highest BCUT2D eigenvalue weighted by Crippen LogP contribution is 2.31. The highest BCUT2D eigenvalue weighted by molar-refractivity contribution is 7.91. The van der Waals surface area contributed by atoms with E-state index in [1.54, 1.807) is 6.92 Å². The predicted molar refractivity (Wildman–Crippen MR) is 124 cm³/mol. The molecule has 1 aromatic rings. The van der Waals surface area contributed by atoms with E-state index in [1.807, 2.05) is 7.05 Å². The lowest BCUT2D eigenvalue weighted by Gasteiger charge is -2.41. The zero-order valence-corrected chi connectivity index (χ0v) is 20.8. The third-order valence-electron chi connectivity index (χ3n) is 6.46.